The number of nitrogens with zero attached hydrogens (tertiary/aromatic N) is 3. The van der Waals surface area contributed by atoms with E-state index in [1.807, 2.05) is 54.6 Å². The molecule has 1 aromatic heterocycles. The number of amides is 1. The highest BCUT2D eigenvalue weighted by Gasteiger charge is 2.06. The second-order valence-electron chi connectivity index (χ2n) is 4.47. The SMILES string of the molecule is O=C(N/N=C\c1ccc(Oc2ccccc2)cc1)c1csnn1. The highest BCUT2D eigenvalue weighted by Crippen LogP contribution is 2.20. The van der Waals surface area contributed by atoms with Crippen molar-refractivity contribution in [1.29, 1.82) is 0 Å². The molecule has 7 heteroatoms. The molecule has 1 N–H and O–H groups in total. The third-order valence-corrected chi connectivity index (χ3v) is 3.34. The van der Waals surface area contributed by atoms with E-state index in [1.165, 1.54) is 0 Å². The lowest BCUT2D eigenvalue weighted by atomic mass is 10.2. The first kappa shape index (κ1) is 14.9. The quantitative estimate of drug-likeness (QED) is 0.578. The van der Waals surface area contributed by atoms with E-state index in [4.69, 9.17) is 4.74 Å². The van der Waals surface area contributed by atoms with E-state index in [9.17, 15) is 4.79 Å². The molecule has 1 amide bonds. The Hall–Kier alpha value is -3.06. The van der Waals surface area contributed by atoms with Gasteiger partial charge in [0.2, 0.25) is 0 Å². The van der Waals surface area contributed by atoms with E-state index in [0.717, 1.165) is 28.6 Å². The van der Waals surface area contributed by atoms with Gasteiger partial charge < -0.3 is 4.74 Å². The van der Waals surface area contributed by atoms with Crippen LogP contribution in [0.5, 0.6) is 11.5 Å². The molecule has 114 valence electrons. The van der Waals surface area contributed by atoms with E-state index < -0.39 is 0 Å². The van der Waals surface area contributed by atoms with Gasteiger partial charge in [-0.05, 0) is 53.5 Å². The van der Waals surface area contributed by atoms with Crippen LogP contribution in [0.3, 0.4) is 0 Å². The summed E-state index contributed by atoms with van der Waals surface area (Å²) >= 11 is 1.11. The number of ether oxygens (including phenoxy) is 1. The standard InChI is InChI=1S/C16H12N4O2S/c21-16(15-11-23-20-18-15)19-17-10-12-6-8-14(9-7-12)22-13-4-2-1-3-5-13/h1-11H,(H,19,21)/b17-10-. The lowest BCUT2D eigenvalue weighted by molar-refractivity contribution is 0.0950. The molecule has 0 bridgehead atoms. The molecule has 0 saturated heterocycles. The lowest BCUT2D eigenvalue weighted by Crippen LogP contribution is -2.17. The van der Waals surface area contributed by atoms with Gasteiger partial charge in [0, 0.05) is 5.38 Å². The van der Waals surface area contributed by atoms with Crippen molar-refractivity contribution in [2.75, 3.05) is 0 Å². The van der Waals surface area contributed by atoms with Crippen LogP contribution in [-0.4, -0.2) is 21.7 Å². The van der Waals surface area contributed by atoms with E-state index >= 15 is 0 Å². The van der Waals surface area contributed by atoms with Gasteiger partial charge in [-0.3, -0.25) is 4.79 Å². The number of aromatic nitrogens is 2. The van der Waals surface area contributed by atoms with Gasteiger partial charge in [0.1, 0.15) is 11.5 Å². The van der Waals surface area contributed by atoms with Crippen LogP contribution >= 0.6 is 11.5 Å². The van der Waals surface area contributed by atoms with Crippen LogP contribution in [-0.2, 0) is 0 Å². The van der Waals surface area contributed by atoms with Crippen LogP contribution < -0.4 is 10.2 Å². The van der Waals surface area contributed by atoms with Gasteiger partial charge in [-0.1, -0.05) is 22.7 Å². The Morgan fingerprint density at radius 3 is 2.52 bits per heavy atom. The Bertz CT molecular complexity index is 787. The molecule has 3 rings (SSSR count). The molecule has 0 unspecified atom stereocenters. The molecule has 0 aliphatic rings. The number of nitrogens with one attached hydrogen (secondary N) is 1. The van der Waals surface area contributed by atoms with Gasteiger partial charge in [0.15, 0.2) is 5.69 Å². The van der Waals surface area contributed by atoms with Crippen LogP contribution in [0, 0.1) is 0 Å². The topological polar surface area (TPSA) is 76.5 Å². The summed E-state index contributed by atoms with van der Waals surface area (Å²) in [5, 5.41) is 9.10. The maximum Gasteiger partial charge on any atom is 0.292 e. The van der Waals surface area contributed by atoms with Crippen LogP contribution in [0.4, 0.5) is 0 Å². The largest absolute Gasteiger partial charge is 0.457 e. The van der Waals surface area contributed by atoms with Crippen molar-refractivity contribution >= 4 is 23.7 Å². The summed E-state index contributed by atoms with van der Waals surface area (Å²) < 4.78 is 9.32. The van der Waals surface area contributed by atoms with Crippen molar-refractivity contribution in [2.24, 2.45) is 5.10 Å². The normalized spacial score (nSPS) is 10.6. The average molecular weight is 324 g/mol. The van der Waals surface area contributed by atoms with Crippen LogP contribution in [0.1, 0.15) is 16.1 Å². The van der Waals surface area contributed by atoms with Crippen LogP contribution in [0.15, 0.2) is 65.1 Å². The number of hydrogen-bond acceptors (Lipinski definition) is 6. The average Bonchev–Trinajstić information content (AvgIpc) is 3.12. The number of hydrazone groups is 1. The smallest absolute Gasteiger partial charge is 0.292 e. The second kappa shape index (κ2) is 7.28. The Kier molecular flexibility index (Phi) is 4.70. The van der Waals surface area contributed by atoms with Gasteiger partial charge in [-0.2, -0.15) is 5.10 Å². The zero-order valence-electron chi connectivity index (χ0n) is 11.9. The first-order valence-corrected chi connectivity index (χ1v) is 7.58. The number of hydrogen-bond donors (Lipinski definition) is 1. The Morgan fingerprint density at radius 1 is 1.09 bits per heavy atom. The summed E-state index contributed by atoms with van der Waals surface area (Å²) in [6.45, 7) is 0. The van der Waals surface area contributed by atoms with Gasteiger partial charge in [-0.15, -0.1) is 5.10 Å². The monoisotopic (exact) mass is 324 g/mol. The number of rotatable bonds is 5. The zero-order chi connectivity index (χ0) is 15.9. The van der Waals surface area contributed by atoms with Crippen molar-refractivity contribution in [3.05, 3.63) is 71.2 Å². The molecule has 0 aliphatic heterocycles. The van der Waals surface area contributed by atoms with Crippen LogP contribution in [0.25, 0.3) is 0 Å². The van der Waals surface area contributed by atoms with Gasteiger partial charge in [-0.25, -0.2) is 5.43 Å². The fraction of sp³-hybridized carbons (Fsp3) is 0. The predicted molar refractivity (Wildman–Crippen MR) is 87.9 cm³/mol. The van der Waals surface area contributed by atoms with E-state index in [1.54, 1.807) is 11.6 Å². The van der Waals surface area contributed by atoms with Crippen LogP contribution in [0.2, 0.25) is 0 Å². The minimum absolute atomic E-state index is 0.249. The van der Waals surface area contributed by atoms with Crippen molar-refractivity contribution in [3.63, 3.8) is 0 Å². The molecule has 0 spiro atoms. The molecule has 0 saturated carbocycles. The van der Waals surface area contributed by atoms with Gasteiger partial charge >= 0.3 is 0 Å². The molecule has 3 aromatic rings. The minimum atomic E-state index is -0.390. The van der Waals surface area contributed by atoms with Crippen molar-refractivity contribution in [1.82, 2.24) is 15.0 Å². The number of carbonyl (C=O) groups excluding carboxylic acids is 1. The second-order valence-corrected chi connectivity index (χ2v) is 5.08. The van der Waals surface area contributed by atoms with Crippen molar-refractivity contribution in [3.8, 4) is 11.5 Å². The molecular formula is C16H12N4O2S. The number of benzene rings is 2. The summed E-state index contributed by atoms with van der Waals surface area (Å²) in [6, 6.07) is 16.9. The van der Waals surface area contributed by atoms with Gasteiger partial charge in [0.25, 0.3) is 5.91 Å². The third-order valence-electron chi connectivity index (χ3n) is 2.83. The van der Waals surface area contributed by atoms with Gasteiger partial charge in [0.05, 0.1) is 6.21 Å². The summed E-state index contributed by atoms with van der Waals surface area (Å²) in [6.07, 6.45) is 1.55. The number of para-hydroxylation sites is 1. The number of carbonyl (C=O) groups is 1. The zero-order valence-corrected chi connectivity index (χ0v) is 12.7. The predicted octanol–water partition coefficient (Wildman–Crippen LogP) is 3.09. The maximum atomic E-state index is 11.6. The molecule has 1 heterocycles. The fourth-order valence-corrected chi connectivity index (χ4v) is 2.17. The van der Waals surface area contributed by atoms with E-state index in [0.29, 0.717) is 0 Å². The highest BCUT2D eigenvalue weighted by molar-refractivity contribution is 7.03. The molecule has 0 atom stereocenters. The van der Waals surface area contributed by atoms with Crippen molar-refractivity contribution in [2.45, 2.75) is 0 Å². The molecule has 0 aliphatic carbocycles. The maximum absolute atomic E-state index is 11.6. The Balaban J connectivity index is 1.57. The fourth-order valence-electron chi connectivity index (χ4n) is 1.73. The minimum Gasteiger partial charge on any atom is -0.457 e. The molecule has 0 radical (unpaired) electrons. The molecule has 6 nitrogen and oxygen atoms in total. The lowest BCUT2D eigenvalue weighted by Gasteiger charge is -2.05. The molecule has 0 fully saturated rings. The molecule has 2 aromatic carbocycles. The summed E-state index contributed by atoms with van der Waals surface area (Å²) in [7, 11) is 0. The first-order chi connectivity index (χ1) is 11.3. The first-order valence-electron chi connectivity index (χ1n) is 6.75. The van der Waals surface area contributed by atoms with E-state index in [-0.39, 0.29) is 11.6 Å². The summed E-state index contributed by atoms with van der Waals surface area (Å²) in [5.74, 6) is 1.11. The summed E-state index contributed by atoms with van der Waals surface area (Å²) in [4.78, 5) is 11.6. The highest BCUT2D eigenvalue weighted by atomic mass is 32.1. The third kappa shape index (κ3) is 4.21. The summed E-state index contributed by atoms with van der Waals surface area (Å²) in [5.41, 5.74) is 3.48. The Labute approximate surface area is 136 Å². The Morgan fingerprint density at radius 2 is 1.83 bits per heavy atom. The molecular weight excluding hydrogens is 312 g/mol. The molecule has 23 heavy (non-hydrogen) atoms. The van der Waals surface area contributed by atoms with Crippen molar-refractivity contribution < 1.29 is 9.53 Å². The van der Waals surface area contributed by atoms with E-state index in [2.05, 4.69) is 20.1 Å².